The molecule has 0 spiro atoms. The van der Waals surface area contributed by atoms with Crippen LogP contribution in [0.2, 0.25) is 0 Å². The van der Waals surface area contributed by atoms with Crippen LogP contribution in [0.5, 0.6) is 0 Å². The van der Waals surface area contributed by atoms with Gasteiger partial charge in [0, 0.05) is 38.1 Å². The van der Waals surface area contributed by atoms with E-state index in [1.165, 1.54) is 53.8 Å². The number of rotatable bonds is 3. The fourth-order valence-electron chi connectivity index (χ4n) is 8.72. The lowest BCUT2D eigenvalue weighted by Crippen LogP contribution is -2.04. The second kappa shape index (κ2) is 10.8. The number of furan rings is 2. The quantitative estimate of drug-likeness (QED) is 0.180. The van der Waals surface area contributed by atoms with Gasteiger partial charge in [-0.3, -0.25) is 4.98 Å². The van der Waals surface area contributed by atoms with Gasteiger partial charge < -0.3 is 8.83 Å². The van der Waals surface area contributed by atoms with E-state index in [9.17, 15) is 0 Å². The van der Waals surface area contributed by atoms with Crippen molar-refractivity contribution in [2.45, 2.75) is 38.0 Å². The number of hydrogen-bond acceptors (Lipinski definition) is 4. The topological polar surface area (TPSA) is 52.1 Å². The van der Waals surface area contributed by atoms with Crippen LogP contribution in [0.15, 0.2) is 136 Å². The van der Waals surface area contributed by atoms with Gasteiger partial charge >= 0.3 is 0 Å². The minimum absolute atomic E-state index is 0.541. The Balaban J connectivity index is 1.14. The Bertz CT molecular complexity index is 2940. The van der Waals surface area contributed by atoms with Crippen molar-refractivity contribution in [1.82, 2.24) is 9.97 Å². The van der Waals surface area contributed by atoms with Crippen LogP contribution < -0.4 is 0 Å². The summed E-state index contributed by atoms with van der Waals surface area (Å²) in [5, 5.41) is 9.02. The fourth-order valence-corrected chi connectivity index (χ4v) is 8.72. The Morgan fingerprint density at radius 1 is 0.500 bits per heavy atom. The van der Waals surface area contributed by atoms with Gasteiger partial charge in [0.05, 0.1) is 28.3 Å². The molecule has 11 rings (SSSR count). The fraction of sp³-hybridized carbons (Fsp3) is 0.130. The molecule has 0 radical (unpaired) electrons. The third-order valence-corrected chi connectivity index (χ3v) is 11.1. The molecule has 7 aromatic carbocycles. The van der Waals surface area contributed by atoms with E-state index in [-0.39, 0.29) is 0 Å². The molecule has 0 aliphatic heterocycles. The molecule has 10 aromatic rings. The summed E-state index contributed by atoms with van der Waals surface area (Å²) in [5.74, 6) is 0.541. The van der Waals surface area contributed by atoms with Crippen LogP contribution in [0.4, 0.5) is 0 Å². The molecule has 4 heteroatoms. The first-order valence-corrected chi connectivity index (χ1v) is 17.8. The lowest BCUT2D eigenvalue weighted by Gasteiger charge is -2.21. The second-order valence-corrected chi connectivity index (χ2v) is 13.9. The van der Waals surface area contributed by atoms with E-state index < -0.39 is 0 Å². The molecule has 0 unspecified atom stereocenters. The number of hydrogen-bond donors (Lipinski definition) is 0. The molecule has 50 heavy (non-hydrogen) atoms. The van der Waals surface area contributed by atoms with Crippen molar-refractivity contribution in [2.24, 2.45) is 0 Å². The van der Waals surface area contributed by atoms with Gasteiger partial charge in [-0.25, -0.2) is 4.98 Å². The van der Waals surface area contributed by atoms with Crippen molar-refractivity contribution in [2.75, 3.05) is 0 Å². The first-order chi connectivity index (χ1) is 24.8. The number of para-hydroxylation sites is 2. The van der Waals surface area contributed by atoms with Crippen molar-refractivity contribution < 1.29 is 8.83 Å². The Kier molecular flexibility index (Phi) is 6.00. The van der Waals surface area contributed by atoms with Gasteiger partial charge in [-0.2, -0.15) is 0 Å². The van der Waals surface area contributed by atoms with Gasteiger partial charge in [-0.15, -0.1) is 0 Å². The third kappa shape index (κ3) is 4.05. The van der Waals surface area contributed by atoms with Crippen LogP contribution in [0.25, 0.3) is 98.8 Å². The van der Waals surface area contributed by atoms with Crippen LogP contribution in [-0.4, -0.2) is 9.97 Å². The van der Waals surface area contributed by atoms with Gasteiger partial charge in [0.2, 0.25) is 0 Å². The minimum Gasteiger partial charge on any atom is -0.455 e. The Morgan fingerprint density at radius 3 is 2.00 bits per heavy atom. The molecule has 1 aliphatic rings. The number of benzene rings is 7. The predicted octanol–water partition coefficient (Wildman–Crippen LogP) is 13.1. The largest absolute Gasteiger partial charge is 0.455 e. The maximum Gasteiger partial charge on any atom is 0.147 e. The second-order valence-electron chi connectivity index (χ2n) is 13.9. The summed E-state index contributed by atoms with van der Waals surface area (Å²) in [6.45, 7) is 0. The summed E-state index contributed by atoms with van der Waals surface area (Å²) in [4.78, 5) is 10.3. The highest BCUT2D eigenvalue weighted by Gasteiger charge is 2.25. The van der Waals surface area contributed by atoms with Gasteiger partial charge in [-0.1, -0.05) is 122 Å². The molecule has 0 amide bonds. The molecule has 0 bridgehead atoms. The molecule has 0 N–H and O–H groups in total. The summed E-state index contributed by atoms with van der Waals surface area (Å²) >= 11 is 0. The molecule has 1 fully saturated rings. The maximum atomic E-state index is 6.93. The van der Waals surface area contributed by atoms with Crippen molar-refractivity contribution in [3.05, 3.63) is 133 Å². The highest BCUT2D eigenvalue weighted by Crippen LogP contribution is 2.47. The van der Waals surface area contributed by atoms with Crippen LogP contribution >= 0.6 is 0 Å². The summed E-state index contributed by atoms with van der Waals surface area (Å²) in [7, 11) is 0. The summed E-state index contributed by atoms with van der Waals surface area (Å²) in [6, 6.07) is 42.9. The summed E-state index contributed by atoms with van der Waals surface area (Å²) in [5.41, 5.74) is 10.8. The Morgan fingerprint density at radius 2 is 1.18 bits per heavy atom. The molecular formula is C46H32N2O2. The molecule has 238 valence electrons. The van der Waals surface area contributed by atoms with E-state index in [1.807, 2.05) is 12.3 Å². The summed E-state index contributed by atoms with van der Waals surface area (Å²) < 4.78 is 13.6. The molecular weight excluding hydrogens is 613 g/mol. The first-order valence-electron chi connectivity index (χ1n) is 17.8. The SMILES string of the molecule is c1cc(-c2cnc3c4ccccc4c4ccccc4c3n2)cc(-c2cc3c4cccc(C5CCCCC5)c4oc3c3c2oc2ccccc23)c1. The van der Waals surface area contributed by atoms with Crippen molar-refractivity contribution >= 4 is 76.5 Å². The van der Waals surface area contributed by atoms with Crippen molar-refractivity contribution in [3.63, 3.8) is 0 Å². The van der Waals surface area contributed by atoms with Crippen LogP contribution in [0, 0.1) is 0 Å². The van der Waals surface area contributed by atoms with E-state index >= 15 is 0 Å². The molecule has 3 aromatic heterocycles. The smallest absolute Gasteiger partial charge is 0.147 e. The molecule has 0 saturated heterocycles. The third-order valence-electron chi connectivity index (χ3n) is 11.1. The number of aromatic nitrogens is 2. The normalized spacial score (nSPS) is 14.3. The molecule has 3 heterocycles. The molecule has 4 nitrogen and oxygen atoms in total. The molecule has 1 aliphatic carbocycles. The number of nitrogens with zero attached hydrogens (tertiary/aromatic N) is 2. The predicted molar refractivity (Wildman–Crippen MR) is 206 cm³/mol. The Hall–Kier alpha value is -6.00. The number of fused-ring (bicyclic) bond motifs is 13. The van der Waals surface area contributed by atoms with Crippen molar-refractivity contribution in [1.29, 1.82) is 0 Å². The zero-order valence-electron chi connectivity index (χ0n) is 27.4. The van der Waals surface area contributed by atoms with Crippen LogP contribution in [-0.2, 0) is 0 Å². The standard InChI is InChI=1S/C46H32N2O2/c1-2-12-27(13-3-1)30-21-11-22-35-38-25-37(45-41(46(38)50-44(30)35)36-20-8-9-23-40(36)49-45)28-14-10-15-29(24-28)39-26-47-42-33-18-6-4-16-31(33)32-17-5-7-19-34(32)43(42)48-39/h4-11,14-27H,1-3,12-13H2. The minimum atomic E-state index is 0.541. The molecule has 0 atom stereocenters. The average molecular weight is 645 g/mol. The van der Waals surface area contributed by atoms with Crippen LogP contribution in [0.1, 0.15) is 43.6 Å². The highest BCUT2D eigenvalue weighted by atomic mass is 16.3. The van der Waals surface area contributed by atoms with Gasteiger partial charge in [0.15, 0.2) is 0 Å². The van der Waals surface area contributed by atoms with Crippen molar-refractivity contribution in [3.8, 4) is 22.4 Å². The van der Waals surface area contributed by atoms with Crippen LogP contribution in [0.3, 0.4) is 0 Å². The average Bonchev–Trinajstić information content (AvgIpc) is 3.77. The van der Waals surface area contributed by atoms with E-state index in [4.69, 9.17) is 18.8 Å². The van der Waals surface area contributed by atoms with Gasteiger partial charge in [0.25, 0.3) is 0 Å². The van der Waals surface area contributed by atoms with Gasteiger partial charge in [-0.05, 0) is 58.9 Å². The monoisotopic (exact) mass is 644 g/mol. The van der Waals surface area contributed by atoms with E-state index in [2.05, 4.69) is 115 Å². The lowest BCUT2D eigenvalue weighted by molar-refractivity contribution is 0.442. The summed E-state index contributed by atoms with van der Waals surface area (Å²) in [6.07, 6.45) is 8.26. The molecule has 1 saturated carbocycles. The zero-order chi connectivity index (χ0) is 32.8. The van der Waals surface area contributed by atoms with E-state index in [0.717, 1.165) is 82.7 Å². The maximum absolute atomic E-state index is 6.93. The lowest BCUT2D eigenvalue weighted by atomic mass is 9.83. The van der Waals surface area contributed by atoms with Gasteiger partial charge in [0.1, 0.15) is 22.3 Å². The highest BCUT2D eigenvalue weighted by molar-refractivity contribution is 6.26. The Labute approximate surface area is 288 Å². The van der Waals surface area contributed by atoms with E-state index in [1.54, 1.807) is 0 Å². The zero-order valence-corrected chi connectivity index (χ0v) is 27.4. The van der Waals surface area contributed by atoms with E-state index in [0.29, 0.717) is 5.92 Å². The first kappa shape index (κ1) is 27.9.